The number of unbranched alkanes of at least 4 members (excludes halogenated alkanes) is 35. The van der Waals surface area contributed by atoms with Gasteiger partial charge in [0.15, 0.2) is 6.10 Å². The lowest BCUT2D eigenvalue weighted by Gasteiger charge is -2.18. The van der Waals surface area contributed by atoms with Crippen molar-refractivity contribution in [1.29, 1.82) is 0 Å². The standard InChI is InChI=1S/C77H132O6/c1-4-7-10-13-16-19-22-25-28-31-33-35-36-37-38-39-40-42-43-46-49-52-55-58-61-64-67-70-76(79)82-73-74(72-81-75(78)69-66-63-60-57-54-51-48-45-30-27-24-21-18-15-12-9-6-3)83-77(80)71-68-65-62-59-56-53-50-47-44-41-34-32-29-26-23-20-17-14-11-8-5-2/h9,12,18,21-22,25,27,30-34,36-37,48,51,57,60,74H,4-8,10-11,13-17,19-20,23-24,26,28-29,35,38-47,49-50,52-56,58-59,61-73H2,1-3H3/b12-9-,21-18-,25-22-,30-27-,33-31-,34-32-,37-36-,51-48-,60-57-. The fraction of sp³-hybridized carbons (Fsp3) is 0.727. The molecule has 0 rings (SSSR count). The summed E-state index contributed by atoms with van der Waals surface area (Å²) < 4.78 is 16.9. The van der Waals surface area contributed by atoms with E-state index in [1.807, 2.05) is 0 Å². The summed E-state index contributed by atoms with van der Waals surface area (Å²) in [5.74, 6) is -0.949. The summed E-state index contributed by atoms with van der Waals surface area (Å²) in [6.07, 6.45) is 96.9. The third kappa shape index (κ3) is 68.7. The molecule has 0 spiro atoms. The highest BCUT2D eigenvalue weighted by atomic mass is 16.6. The number of rotatable bonds is 64. The summed E-state index contributed by atoms with van der Waals surface area (Å²) in [4.78, 5) is 38.4. The Hall–Kier alpha value is -3.93. The molecule has 0 aliphatic rings. The first kappa shape index (κ1) is 79.1. The normalized spacial score (nSPS) is 12.8. The molecule has 1 atom stereocenters. The van der Waals surface area contributed by atoms with Crippen molar-refractivity contribution in [3.8, 4) is 0 Å². The van der Waals surface area contributed by atoms with Gasteiger partial charge in [-0.05, 0) is 122 Å². The minimum Gasteiger partial charge on any atom is -0.462 e. The Balaban J connectivity index is 4.39. The maximum Gasteiger partial charge on any atom is 0.306 e. The van der Waals surface area contributed by atoms with Crippen molar-refractivity contribution >= 4 is 17.9 Å². The van der Waals surface area contributed by atoms with Crippen LogP contribution in [0.25, 0.3) is 0 Å². The molecule has 0 aromatic carbocycles. The van der Waals surface area contributed by atoms with Crippen molar-refractivity contribution in [1.82, 2.24) is 0 Å². The van der Waals surface area contributed by atoms with Crippen molar-refractivity contribution in [3.05, 3.63) is 109 Å². The molecule has 0 fully saturated rings. The Kier molecular flexibility index (Phi) is 67.2. The monoisotopic (exact) mass is 1150 g/mol. The number of carbonyl (C=O) groups excluding carboxylic acids is 3. The van der Waals surface area contributed by atoms with Crippen LogP contribution in [0.4, 0.5) is 0 Å². The Morgan fingerprint density at radius 2 is 0.482 bits per heavy atom. The Morgan fingerprint density at radius 1 is 0.253 bits per heavy atom. The first-order chi connectivity index (χ1) is 41.0. The Labute approximate surface area is 514 Å². The van der Waals surface area contributed by atoms with Gasteiger partial charge in [-0.2, -0.15) is 0 Å². The molecule has 0 radical (unpaired) electrons. The zero-order valence-corrected chi connectivity index (χ0v) is 54.7. The van der Waals surface area contributed by atoms with Gasteiger partial charge in [0.2, 0.25) is 0 Å². The van der Waals surface area contributed by atoms with E-state index < -0.39 is 6.10 Å². The number of carbonyl (C=O) groups is 3. The molecule has 6 nitrogen and oxygen atoms in total. The van der Waals surface area contributed by atoms with E-state index in [9.17, 15) is 14.4 Å². The van der Waals surface area contributed by atoms with Crippen LogP contribution in [0.2, 0.25) is 0 Å². The van der Waals surface area contributed by atoms with Gasteiger partial charge in [0.05, 0.1) is 0 Å². The average Bonchev–Trinajstić information content (AvgIpc) is 3.50. The van der Waals surface area contributed by atoms with Gasteiger partial charge >= 0.3 is 17.9 Å². The van der Waals surface area contributed by atoms with Gasteiger partial charge in [-0.15, -0.1) is 0 Å². The van der Waals surface area contributed by atoms with E-state index in [1.165, 1.54) is 205 Å². The van der Waals surface area contributed by atoms with Crippen LogP contribution in [0.3, 0.4) is 0 Å². The summed E-state index contributed by atoms with van der Waals surface area (Å²) in [6.45, 7) is 6.50. The van der Waals surface area contributed by atoms with Gasteiger partial charge in [0.1, 0.15) is 13.2 Å². The first-order valence-corrected chi connectivity index (χ1v) is 35.4. The number of ether oxygens (including phenoxy) is 3. The second-order valence-corrected chi connectivity index (χ2v) is 23.4. The summed E-state index contributed by atoms with van der Waals surface area (Å²) in [7, 11) is 0. The molecule has 0 aliphatic heterocycles. The van der Waals surface area contributed by atoms with Crippen molar-refractivity contribution in [2.24, 2.45) is 0 Å². The van der Waals surface area contributed by atoms with E-state index in [2.05, 4.69) is 130 Å². The third-order valence-electron chi connectivity index (χ3n) is 15.2. The van der Waals surface area contributed by atoms with E-state index in [1.54, 1.807) is 0 Å². The number of allylic oxidation sites excluding steroid dienone is 18. The van der Waals surface area contributed by atoms with Crippen LogP contribution in [-0.2, 0) is 28.6 Å². The fourth-order valence-corrected chi connectivity index (χ4v) is 9.95. The number of esters is 3. The van der Waals surface area contributed by atoms with E-state index in [-0.39, 0.29) is 37.5 Å². The quantitative estimate of drug-likeness (QED) is 0.0261. The largest absolute Gasteiger partial charge is 0.462 e. The minimum absolute atomic E-state index is 0.0970. The highest BCUT2D eigenvalue weighted by Gasteiger charge is 2.19. The molecule has 0 saturated heterocycles. The van der Waals surface area contributed by atoms with Gasteiger partial charge in [0.25, 0.3) is 0 Å². The molecule has 6 heteroatoms. The van der Waals surface area contributed by atoms with Gasteiger partial charge in [-0.1, -0.05) is 310 Å². The maximum absolute atomic E-state index is 13.0. The van der Waals surface area contributed by atoms with Gasteiger partial charge < -0.3 is 14.2 Å². The van der Waals surface area contributed by atoms with Crippen LogP contribution >= 0.6 is 0 Å². The van der Waals surface area contributed by atoms with E-state index in [0.717, 1.165) is 89.9 Å². The zero-order valence-electron chi connectivity index (χ0n) is 54.7. The summed E-state index contributed by atoms with van der Waals surface area (Å²) >= 11 is 0. The zero-order chi connectivity index (χ0) is 59.9. The van der Waals surface area contributed by atoms with Crippen molar-refractivity contribution in [2.75, 3.05) is 13.2 Å². The highest BCUT2D eigenvalue weighted by Crippen LogP contribution is 2.17. The summed E-state index contributed by atoms with van der Waals surface area (Å²) in [6, 6.07) is 0. The molecule has 83 heavy (non-hydrogen) atoms. The van der Waals surface area contributed by atoms with Gasteiger partial charge in [-0.25, -0.2) is 0 Å². The average molecular weight is 1150 g/mol. The molecule has 0 aromatic rings. The second kappa shape index (κ2) is 70.6. The van der Waals surface area contributed by atoms with E-state index >= 15 is 0 Å². The molecule has 0 saturated carbocycles. The topological polar surface area (TPSA) is 78.9 Å². The van der Waals surface area contributed by atoms with Gasteiger partial charge in [0, 0.05) is 19.3 Å². The molecular formula is C77H132O6. The highest BCUT2D eigenvalue weighted by molar-refractivity contribution is 5.71. The Morgan fingerprint density at radius 3 is 0.795 bits per heavy atom. The van der Waals surface area contributed by atoms with Crippen LogP contribution in [-0.4, -0.2) is 37.2 Å². The molecule has 476 valence electrons. The molecule has 0 aromatic heterocycles. The Bertz CT molecular complexity index is 1660. The SMILES string of the molecule is CC/C=C\C/C=C\C/C=C\C/C=C\C/C=C\CCCC(=O)OCC(COC(=O)CCCCCCCCCCCCCC/C=C\C/C=C\C/C=C\CCCCCCC)OC(=O)CCCCCCCCCCC/C=C\CCCCCCCCCC. The van der Waals surface area contributed by atoms with Crippen LogP contribution in [0.15, 0.2) is 109 Å². The fourth-order valence-electron chi connectivity index (χ4n) is 9.95. The minimum atomic E-state index is -0.807. The third-order valence-corrected chi connectivity index (χ3v) is 15.2. The lowest BCUT2D eigenvalue weighted by Crippen LogP contribution is -2.30. The van der Waals surface area contributed by atoms with Crippen molar-refractivity contribution < 1.29 is 28.6 Å². The molecule has 0 heterocycles. The van der Waals surface area contributed by atoms with Gasteiger partial charge in [-0.3, -0.25) is 14.4 Å². The van der Waals surface area contributed by atoms with E-state index in [0.29, 0.717) is 19.3 Å². The van der Waals surface area contributed by atoms with Crippen molar-refractivity contribution in [2.45, 2.75) is 348 Å². The van der Waals surface area contributed by atoms with Crippen LogP contribution < -0.4 is 0 Å². The number of hydrogen-bond donors (Lipinski definition) is 0. The lowest BCUT2D eigenvalue weighted by molar-refractivity contribution is -0.167. The molecule has 0 bridgehead atoms. The molecule has 0 aliphatic carbocycles. The summed E-state index contributed by atoms with van der Waals surface area (Å²) in [5, 5.41) is 0. The van der Waals surface area contributed by atoms with Crippen LogP contribution in [0.1, 0.15) is 342 Å². The molecule has 0 N–H and O–H groups in total. The lowest BCUT2D eigenvalue weighted by atomic mass is 10.0. The van der Waals surface area contributed by atoms with Crippen molar-refractivity contribution in [3.63, 3.8) is 0 Å². The second-order valence-electron chi connectivity index (χ2n) is 23.4. The predicted octanol–water partition coefficient (Wildman–Crippen LogP) is 24.6. The van der Waals surface area contributed by atoms with E-state index in [4.69, 9.17) is 14.2 Å². The molecular weight excluding hydrogens is 1020 g/mol. The van der Waals surface area contributed by atoms with Crippen LogP contribution in [0, 0.1) is 0 Å². The molecule has 1 unspecified atom stereocenters. The number of hydrogen-bond acceptors (Lipinski definition) is 6. The molecule has 0 amide bonds. The predicted molar refractivity (Wildman–Crippen MR) is 362 cm³/mol. The smallest absolute Gasteiger partial charge is 0.306 e. The summed E-state index contributed by atoms with van der Waals surface area (Å²) in [5.41, 5.74) is 0. The first-order valence-electron chi connectivity index (χ1n) is 35.4. The van der Waals surface area contributed by atoms with Crippen LogP contribution in [0.5, 0.6) is 0 Å². The maximum atomic E-state index is 13.0.